The second-order valence-corrected chi connectivity index (χ2v) is 8.37. The van der Waals surface area contributed by atoms with Gasteiger partial charge in [-0.1, -0.05) is 86.9 Å². The van der Waals surface area contributed by atoms with E-state index in [-0.39, 0.29) is 0 Å². The summed E-state index contributed by atoms with van der Waals surface area (Å²) in [7, 11) is 0. The molecule has 1 aromatic heterocycles. The predicted molar refractivity (Wildman–Crippen MR) is 132 cm³/mol. The molecule has 4 rings (SSSR count). The lowest BCUT2D eigenvalue weighted by molar-refractivity contribution is 0.528. The molecule has 2 atom stereocenters. The van der Waals surface area contributed by atoms with Crippen LogP contribution in [0.25, 0.3) is 0 Å². The molecule has 2 heteroatoms. The highest BCUT2D eigenvalue weighted by atomic mass is 15.1. The highest BCUT2D eigenvalue weighted by Crippen LogP contribution is 2.39. The molecular weight excluding hydrogens is 376 g/mol. The van der Waals surface area contributed by atoms with Gasteiger partial charge in [0.1, 0.15) is 0 Å². The minimum absolute atomic E-state index is 0.352. The topological polar surface area (TPSA) is 16.1 Å². The summed E-state index contributed by atoms with van der Waals surface area (Å²) in [5, 5.41) is 0. The van der Waals surface area contributed by atoms with E-state index in [0.29, 0.717) is 11.8 Å². The zero-order valence-corrected chi connectivity index (χ0v) is 18.6. The van der Waals surface area contributed by atoms with Crippen LogP contribution in [0.2, 0.25) is 0 Å². The van der Waals surface area contributed by atoms with Crippen LogP contribution in [0.4, 0.5) is 17.1 Å². The zero-order valence-electron chi connectivity index (χ0n) is 18.6. The molecule has 1 aliphatic rings. The van der Waals surface area contributed by atoms with Crippen molar-refractivity contribution in [2.45, 2.75) is 45.4 Å². The Balaban J connectivity index is 1.71. The van der Waals surface area contributed by atoms with Crippen molar-refractivity contribution < 1.29 is 0 Å². The smallest absolute Gasteiger partial charge is 0.0499 e. The molecule has 2 aromatic carbocycles. The van der Waals surface area contributed by atoms with Gasteiger partial charge in [-0.2, -0.15) is 0 Å². The molecule has 2 unspecified atom stereocenters. The van der Waals surface area contributed by atoms with Gasteiger partial charge in [0, 0.05) is 34.9 Å². The molecule has 158 valence electrons. The second-order valence-electron chi connectivity index (χ2n) is 8.37. The van der Waals surface area contributed by atoms with Crippen molar-refractivity contribution in [3.05, 3.63) is 108 Å². The standard InChI is InChI=1S/C29H32N2/c1-3-4-13-23(2)27-18-11-12-19-28(27)29-22-26(20-21-30-29)31(24-14-7-5-8-15-24)25-16-9-6-10-17-25/h5-12,14-18,20-23,28H,3-4,13,19H2,1-2H3. The number of rotatable bonds is 8. The largest absolute Gasteiger partial charge is 0.310 e. The molecule has 3 aromatic rings. The highest BCUT2D eigenvalue weighted by Gasteiger charge is 2.24. The Bertz CT molecular complexity index is 981. The molecule has 0 radical (unpaired) electrons. The van der Waals surface area contributed by atoms with Crippen molar-refractivity contribution in [1.82, 2.24) is 4.98 Å². The number of allylic oxidation sites excluding steroid dienone is 4. The van der Waals surface area contributed by atoms with Crippen LogP contribution in [-0.4, -0.2) is 4.98 Å². The van der Waals surface area contributed by atoms with Gasteiger partial charge in [-0.05, 0) is 55.2 Å². The van der Waals surface area contributed by atoms with E-state index in [2.05, 4.69) is 110 Å². The molecule has 0 amide bonds. The fourth-order valence-electron chi connectivity index (χ4n) is 4.49. The van der Waals surface area contributed by atoms with E-state index in [1.165, 1.54) is 24.8 Å². The predicted octanol–water partition coefficient (Wildman–Crippen LogP) is 8.35. The van der Waals surface area contributed by atoms with Crippen LogP contribution in [0.1, 0.15) is 51.1 Å². The van der Waals surface area contributed by atoms with Crippen molar-refractivity contribution in [1.29, 1.82) is 0 Å². The molecule has 0 saturated heterocycles. The first kappa shape index (κ1) is 21.1. The fraction of sp³-hybridized carbons (Fsp3) is 0.276. The first-order valence-corrected chi connectivity index (χ1v) is 11.5. The Kier molecular flexibility index (Phi) is 6.99. The monoisotopic (exact) mass is 408 g/mol. The lowest BCUT2D eigenvalue weighted by atomic mass is 9.79. The number of hydrogen-bond acceptors (Lipinski definition) is 2. The Hall–Kier alpha value is -3.13. The van der Waals surface area contributed by atoms with Crippen LogP contribution in [0.15, 0.2) is 103 Å². The highest BCUT2D eigenvalue weighted by molar-refractivity contribution is 5.76. The van der Waals surface area contributed by atoms with Gasteiger partial charge in [0.15, 0.2) is 0 Å². The molecule has 31 heavy (non-hydrogen) atoms. The van der Waals surface area contributed by atoms with E-state index >= 15 is 0 Å². The maximum Gasteiger partial charge on any atom is 0.0499 e. The van der Waals surface area contributed by atoms with Crippen molar-refractivity contribution in [3.8, 4) is 0 Å². The summed E-state index contributed by atoms with van der Waals surface area (Å²) in [6.07, 6.45) is 13.6. The molecule has 0 fully saturated rings. The van der Waals surface area contributed by atoms with Crippen molar-refractivity contribution in [2.75, 3.05) is 4.90 Å². The molecule has 0 N–H and O–H groups in total. The van der Waals surface area contributed by atoms with E-state index < -0.39 is 0 Å². The maximum atomic E-state index is 4.84. The second kappa shape index (κ2) is 10.3. The Morgan fingerprint density at radius 2 is 1.61 bits per heavy atom. The summed E-state index contributed by atoms with van der Waals surface area (Å²) in [6, 6.07) is 25.5. The SMILES string of the molecule is CCCCC(C)C1=CC=CCC1c1cc(N(c2ccccc2)c2ccccc2)ccn1. The minimum atomic E-state index is 0.352. The van der Waals surface area contributed by atoms with Crippen LogP contribution in [0, 0.1) is 5.92 Å². The van der Waals surface area contributed by atoms with E-state index in [1.54, 1.807) is 0 Å². The van der Waals surface area contributed by atoms with E-state index in [1.807, 2.05) is 6.20 Å². The first-order valence-electron chi connectivity index (χ1n) is 11.5. The third kappa shape index (κ3) is 4.96. The van der Waals surface area contributed by atoms with Crippen molar-refractivity contribution in [3.63, 3.8) is 0 Å². The molecule has 0 spiro atoms. The quantitative estimate of drug-likeness (QED) is 0.372. The lowest BCUT2D eigenvalue weighted by Gasteiger charge is -2.29. The Labute approximate surface area is 187 Å². The summed E-state index contributed by atoms with van der Waals surface area (Å²) in [4.78, 5) is 7.16. The van der Waals surface area contributed by atoms with Crippen LogP contribution in [0.3, 0.4) is 0 Å². The van der Waals surface area contributed by atoms with Crippen LogP contribution < -0.4 is 4.90 Å². The molecule has 0 aliphatic heterocycles. The van der Waals surface area contributed by atoms with Gasteiger partial charge < -0.3 is 4.90 Å². The number of aromatic nitrogens is 1. The van der Waals surface area contributed by atoms with Crippen molar-refractivity contribution in [2.24, 2.45) is 5.92 Å². The van der Waals surface area contributed by atoms with Gasteiger partial charge in [-0.3, -0.25) is 4.98 Å². The van der Waals surface area contributed by atoms with Gasteiger partial charge in [0.25, 0.3) is 0 Å². The molecular formula is C29H32N2. The van der Waals surface area contributed by atoms with Crippen LogP contribution in [-0.2, 0) is 0 Å². The van der Waals surface area contributed by atoms with Gasteiger partial charge in [-0.15, -0.1) is 0 Å². The summed E-state index contributed by atoms with van der Waals surface area (Å²) in [5.41, 5.74) is 6.14. The third-order valence-corrected chi connectivity index (χ3v) is 6.17. The molecule has 1 heterocycles. The number of nitrogens with zero attached hydrogens (tertiary/aromatic N) is 2. The Morgan fingerprint density at radius 1 is 0.935 bits per heavy atom. The number of hydrogen-bond donors (Lipinski definition) is 0. The first-order chi connectivity index (χ1) is 15.3. The third-order valence-electron chi connectivity index (χ3n) is 6.17. The van der Waals surface area contributed by atoms with Gasteiger partial charge in [0.05, 0.1) is 0 Å². The summed E-state index contributed by atoms with van der Waals surface area (Å²) < 4.78 is 0. The Morgan fingerprint density at radius 3 is 2.26 bits per heavy atom. The number of benzene rings is 2. The van der Waals surface area contributed by atoms with E-state index in [4.69, 9.17) is 4.98 Å². The maximum absolute atomic E-state index is 4.84. The summed E-state index contributed by atoms with van der Waals surface area (Å²) in [6.45, 7) is 4.64. The normalized spacial score (nSPS) is 16.6. The lowest BCUT2D eigenvalue weighted by Crippen LogP contribution is -2.15. The zero-order chi connectivity index (χ0) is 21.5. The average molecular weight is 409 g/mol. The minimum Gasteiger partial charge on any atom is -0.310 e. The summed E-state index contributed by atoms with van der Waals surface area (Å²) >= 11 is 0. The van der Waals surface area contributed by atoms with Gasteiger partial charge in [-0.25, -0.2) is 0 Å². The summed E-state index contributed by atoms with van der Waals surface area (Å²) in [5.74, 6) is 0.935. The molecule has 2 nitrogen and oxygen atoms in total. The fourth-order valence-corrected chi connectivity index (χ4v) is 4.49. The number of pyridine rings is 1. The number of unbranched alkanes of at least 4 members (excludes halogenated alkanes) is 1. The number of para-hydroxylation sites is 2. The van der Waals surface area contributed by atoms with Gasteiger partial charge >= 0.3 is 0 Å². The number of anilines is 3. The van der Waals surface area contributed by atoms with Crippen LogP contribution >= 0.6 is 0 Å². The van der Waals surface area contributed by atoms with E-state index in [9.17, 15) is 0 Å². The molecule has 0 bridgehead atoms. The van der Waals surface area contributed by atoms with E-state index in [0.717, 1.165) is 29.2 Å². The average Bonchev–Trinajstić information content (AvgIpc) is 2.84. The molecule has 1 aliphatic carbocycles. The molecule has 0 saturated carbocycles. The van der Waals surface area contributed by atoms with Gasteiger partial charge in [0.2, 0.25) is 0 Å². The van der Waals surface area contributed by atoms with Crippen molar-refractivity contribution >= 4 is 17.1 Å². The van der Waals surface area contributed by atoms with Crippen LogP contribution in [0.5, 0.6) is 0 Å².